The number of para-hydroxylation sites is 1. The number of ether oxygens (including phenoxy) is 1. The lowest BCUT2D eigenvalue weighted by atomic mass is 10.2. The van der Waals surface area contributed by atoms with Crippen molar-refractivity contribution in [3.05, 3.63) is 59.7 Å². The van der Waals surface area contributed by atoms with Crippen molar-refractivity contribution >= 4 is 5.96 Å². The second-order valence-electron chi connectivity index (χ2n) is 5.73. The molecule has 0 unspecified atom stereocenters. The predicted octanol–water partition coefficient (Wildman–Crippen LogP) is 2.66. The fourth-order valence-corrected chi connectivity index (χ4v) is 2.31. The largest absolute Gasteiger partial charge is 0.489 e. The maximum Gasteiger partial charge on any atom is 0.193 e. The van der Waals surface area contributed by atoms with E-state index >= 15 is 0 Å². The van der Waals surface area contributed by atoms with Gasteiger partial charge < -0.3 is 15.0 Å². The molecule has 0 aliphatic rings. The van der Waals surface area contributed by atoms with Crippen LogP contribution < -0.4 is 10.1 Å². The number of nitrogens with one attached hydrogen (secondary N) is 1. The van der Waals surface area contributed by atoms with E-state index in [1.54, 1.807) is 25.2 Å². The number of aromatic nitrogens is 1. The normalized spacial score (nSPS) is 11.3. The lowest BCUT2D eigenvalue weighted by molar-refractivity contribution is 0.270. The first-order valence-corrected chi connectivity index (χ1v) is 8.31. The highest BCUT2D eigenvalue weighted by Gasteiger charge is 2.07. The van der Waals surface area contributed by atoms with Gasteiger partial charge in [0.15, 0.2) is 17.5 Å². The highest BCUT2D eigenvalue weighted by atomic mass is 19.1. The SMILES string of the molecule is CN=C(NCCc1ccc(C)nc1)N(C)CCOc1ccccc1F. The molecule has 6 heteroatoms. The molecule has 2 aromatic rings. The molecule has 1 N–H and O–H groups in total. The van der Waals surface area contributed by atoms with Gasteiger partial charge in [0, 0.05) is 32.5 Å². The number of aryl methyl sites for hydroxylation is 1. The van der Waals surface area contributed by atoms with Crippen molar-refractivity contribution in [1.82, 2.24) is 15.2 Å². The summed E-state index contributed by atoms with van der Waals surface area (Å²) in [6.07, 6.45) is 2.76. The highest BCUT2D eigenvalue weighted by molar-refractivity contribution is 5.79. The minimum absolute atomic E-state index is 0.269. The van der Waals surface area contributed by atoms with Gasteiger partial charge in [-0.25, -0.2) is 4.39 Å². The first-order chi connectivity index (χ1) is 12.1. The average molecular weight is 344 g/mol. The van der Waals surface area contributed by atoms with Crippen LogP contribution in [0.2, 0.25) is 0 Å². The van der Waals surface area contributed by atoms with E-state index in [0.717, 1.165) is 24.6 Å². The number of likely N-dealkylation sites (N-methyl/N-ethyl adjacent to an activating group) is 1. The van der Waals surface area contributed by atoms with Gasteiger partial charge in [0.05, 0.1) is 6.54 Å². The Labute approximate surface area is 148 Å². The first-order valence-electron chi connectivity index (χ1n) is 8.31. The van der Waals surface area contributed by atoms with Crippen molar-refractivity contribution in [2.24, 2.45) is 4.99 Å². The molecular weight excluding hydrogens is 319 g/mol. The Hall–Kier alpha value is -2.63. The molecule has 0 aliphatic heterocycles. The third-order valence-corrected chi connectivity index (χ3v) is 3.76. The standard InChI is InChI=1S/C19H25FN4O/c1-15-8-9-16(14-23-15)10-11-22-19(21-2)24(3)12-13-25-18-7-5-4-6-17(18)20/h4-9,14H,10-13H2,1-3H3,(H,21,22). The molecule has 1 aromatic heterocycles. The Balaban J connectivity index is 1.74. The van der Waals surface area contributed by atoms with Crippen LogP contribution in [-0.4, -0.2) is 49.6 Å². The minimum Gasteiger partial charge on any atom is -0.489 e. The van der Waals surface area contributed by atoms with Crippen molar-refractivity contribution in [3.8, 4) is 5.75 Å². The Kier molecular flexibility index (Phi) is 7.19. The molecule has 25 heavy (non-hydrogen) atoms. The van der Waals surface area contributed by atoms with Crippen LogP contribution >= 0.6 is 0 Å². The maximum atomic E-state index is 13.5. The number of guanidine groups is 1. The fraction of sp³-hybridized carbons (Fsp3) is 0.368. The number of hydrogen-bond acceptors (Lipinski definition) is 3. The van der Waals surface area contributed by atoms with Crippen molar-refractivity contribution in [3.63, 3.8) is 0 Å². The van der Waals surface area contributed by atoms with E-state index < -0.39 is 0 Å². The van der Waals surface area contributed by atoms with Crippen LogP contribution in [0.1, 0.15) is 11.3 Å². The number of benzene rings is 1. The summed E-state index contributed by atoms with van der Waals surface area (Å²) in [4.78, 5) is 10.5. The molecular formula is C19H25FN4O. The Bertz CT molecular complexity index is 688. The minimum atomic E-state index is -0.348. The summed E-state index contributed by atoms with van der Waals surface area (Å²) in [5.74, 6) is 0.697. The van der Waals surface area contributed by atoms with Crippen LogP contribution in [0.25, 0.3) is 0 Å². The van der Waals surface area contributed by atoms with Crippen LogP contribution in [0.4, 0.5) is 4.39 Å². The van der Waals surface area contributed by atoms with Gasteiger partial charge in [-0.3, -0.25) is 9.98 Å². The van der Waals surface area contributed by atoms with Gasteiger partial charge in [-0.1, -0.05) is 18.2 Å². The summed E-state index contributed by atoms with van der Waals surface area (Å²) in [5, 5.41) is 3.31. The second kappa shape index (κ2) is 9.61. The van der Waals surface area contributed by atoms with Gasteiger partial charge in [-0.2, -0.15) is 0 Å². The molecule has 0 spiro atoms. The van der Waals surface area contributed by atoms with E-state index in [-0.39, 0.29) is 11.6 Å². The van der Waals surface area contributed by atoms with Gasteiger partial charge in [-0.15, -0.1) is 0 Å². The van der Waals surface area contributed by atoms with Crippen LogP contribution in [-0.2, 0) is 6.42 Å². The van der Waals surface area contributed by atoms with Crippen LogP contribution in [0.15, 0.2) is 47.6 Å². The van der Waals surface area contributed by atoms with Gasteiger partial charge >= 0.3 is 0 Å². The summed E-state index contributed by atoms with van der Waals surface area (Å²) in [6, 6.07) is 10.5. The molecule has 1 heterocycles. The average Bonchev–Trinajstić information content (AvgIpc) is 2.62. The van der Waals surface area contributed by atoms with Crippen molar-refractivity contribution in [1.29, 1.82) is 0 Å². The zero-order valence-corrected chi connectivity index (χ0v) is 15.0. The summed E-state index contributed by atoms with van der Waals surface area (Å²) >= 11 is 0. The summed E-state index contributed by atoms with van der Waals surface area (Å²) in [7, 11) is 3.66. The highest BCUT2D eigenvalue weighted by Crippen LogP contribution is 2.14. The smallest absolute Gasteiger partial charge is 0.193 e. The number of pyridine rings is 1. The van der Waals surface area contributed by atoms with Crippen LogP contribution in [0.5, 0.6) is 5.75 Å². The summed E-state index contributed by atoms with van der Waals surface area (Å²) in [6.45, 7) is 3.71. The van der Waals surface area contributed by atoms with Crippen LogP contribution in [0.3, 0.4) is 0 Å². The molecule has 0 saturated heterocycles. The summed E-state index contributed by atoms with van der Waals surface area (Å²) in [5.41, 5.74) is 2.20. The van der Waals surface area contributed by atoms with Gasteiger partial charge in [0.2, 0.25) is 0 Å². The number of halogens is 1. The van der Waals surface area contributed by atoms with Crippen LogP contribution in [0, 0.1) is 12.7 Å². The van der Waals surface area contributed by atoms with Crippen molar-refractivity contribution in [2.75, 3.05) is 33.8 Å². The van der Waals surface area contributed by atoms with E-state index in [9.17, 15) is 4.39 Å². The molecule has 0 fully saturated rings. The zero-order chi connectivity index (χ0) is 18.1. The molecule has 0 amide bonds. The number of aliphatic imine (C=N–C) groups is 1. The number of rotatable bonds is 7. The molecule has 0 radical (unpaired) electrons. The van der Waals surface area contributed by atoms with E-state index in [1.807, 2.05) is 31.1 Å². The number of hydrogen-bond donors (Lipinski definition) is 1. The molecule has 134 valence electrons. The van der Waals surface area contributed by atoms with E-state index in [4.69, 9.17) is 4.74 Å². The molecule has 0 aliphatic carbocycles. The lowest BCUT2D eigenvalue weighted by Gasteiger charge is -2.22. The van der Waals surface area contributed by atoms with Gasteiger partial charge in [-0.05, 0) is 37.1 Å². The Morgan fingerprint density at radius 1 is 1.28 bits per heavy atom. The molecule has 0 bridgehead atoms. The lowest BCUT2D eigenvalue weighted by Crippen LogP contribution is -2.41. The molecule has 0 saturated carbocycles. The third-order valence-electron chi connectivity index (χ3n) is 3.76. The van der Waals surface area contributed by atoms with Crippen molar-refractivity contribution in [2.45, 2.75) is 13.3 Å². The molecule has 0 atom stereocenters. The molecule has 2 rings (SSSR count). The maximum absolute atomic E-state index is 13.5. The van der Waals surface area contributed by atoms with Crippen molar-refractivity contribution < 1.29 is 9.13 Å². The monoisotopic (exact) mass is 344 g/mol. The molecule has 5 nitrogen and oxygen atoms in total. The second-order valence-corrected chi connectivity index (χ2v) is 5.73. The quantitative estimate of drug-likeness (QED) is 0.620. The summed E-state index contributed by atoms with van der Waals surface area (Å²) < 4.78 is 19.0. The Morgan fingerprint density at radius 2 is 2.08 bits per heavy atom. The van der Waals surface area contributed by atoms with E-state index in [0.29, 0.717) is 13.2 Å². The van der Waals surface area contributed by atoms with Gasteiger partial charge in [0.25, 0.3) is 0 Å². The van der Waals surface area contributed by atoms with Gasteiger partial charge in [0.1, 0.15) is 6.61 Å². The molecule has 1 aromatic carbocycles. The zero-order valence-electron chi connectivity index (χ0n) is 15.0. The fourth-order valence-electron chi connectivity index (χ4n) is 2.31. The first kappa shape index (κ1) is 18.7. The van der Waals surface area contributed by atoms with E-state index in [2.05, 4.69) is 21.4 Å². The van der Waals surface area contributed by atoms with E-state index in [1.165, 1.54) is 11.6 Å². The number of nitrogens with zero attached hydrogens (tertiary/aromatic N) is 3. The third kappa shape index (κ3) is 6.06. The predicted molar refractivity (Wildman–Crippen MR) is 98.6 cm³/mol. The topological polar surface area (TPSA) is 49.8 Å². The Morgan fingerprint density at radius 3 is 2.76 bits per heavy atom.